The van der Waals surface area contributed by atoms with Crippen molar-refractivity contribution in [3.05, 3.63) is 71.3 Å². The first-order chi connectivity index (χ1) is 13.1. The molecule has 2 amide bonds. The molecule has 0 radical (unpaired) electrons. The molecule has 142 valence electrons. The quantitative estimate of drug-likeness (QED) is 0.800. The zero-order valence-corrected chi connectivity index (χ0v) is 15.9. The minimum atomic E-state index is -0.266. The predicted octanol–water partition coefficient (Wildman–Crippen LogP) is 2.61. The van der Waals surface area contributed by atoms with Crippen LogP contribution in [0.3, 0.4) is 0 Å². The molecule has 27 heavy (non-hydrogen) atoms. The molecular formula is C22H26N2O3. The van der Waals surface area contributed by atoms with Crippen LogP contribution in [0, 0.1) is 12.8 Å². The second kappa shape index (κ2) is 8.82. The van der Waals surface area contributed by atoms with Gasteiger partial charge in [-0.05, 0) is 24.6 Å². The topological polar surface area (TPSA) is 58.6 Å². The second-order valence-corrected chi connectivity index (χ2v) is 6.98. The SMILES string of the molecule is COCCNC(=O)C1CN(C(=O)c2ccccc2)CC1c1ccc(C)cc1. The highest BCUT2D eigenvalue weighted by atomic mass is 16.5. The van der Waals surface area contributed by atoms with E-state index >= 15 is 0 Å². The van der Waals surface area contributed by atoms with Gasteiger partial charge in [0.2, 0.25) is 5.91 Å². The molecule has 1 heterocycles. The summed E-state index contributed by atoms with van der Waals surface area (Å²) < 4.78 is 5.02. The van der Waals surface area contributed by atoms with E-state index in [1.165, 1.54) is 5.56 Å². The number of nitrogens with one attached hydrogen (secondary N) is 1. The van der Waals surface area contributed by atoms with Gasteiger partial charge in [-0.1, -0.05) is 48.0 Å². The fraction of sp³-hybridized carbons (Fsp3) is 0.364. The molecule has 3 rings (SSSR count). The molecule has 0 bridgehead atoms. The summed E-state index contributed by atoms with van der Waals surface area (Å²) in [4.78, 5) is 27.4. The summed E-state index contributed by atoms with van der Waals surface area (Å²) in [6.45, 7) is 3.95. The van der Waals surface area contributed by atoms with Crippen molar-refractivity contribution in [1.29, 1.82) is 0 Å². The highest BCUT2D eigenvalue weighted by Crippen LogP contribution is 2.34. The molecular weight excluding hydrogens is 340 g/mol. The lowest BCUT2D eigenvalue weighted by atomic mass is 9.88. The number of carbonyl (C=O) groups excluding carboxylic acids is 2. The summed E-state index contributed by atoms with van der Waals surface area (Å²) in [6.07, 6.45) is 0. The maximum atomic E-state index is 12.9. The first kappa shape index (κ1) is 19.1. The lowest BCUT2D eigenvalue weighted by Crippen LogP contribution is -2.37. The maximum absolute atomic E-state index is 12.9. The Balaban J connectivity index is 1.80. The lowest BCUT2D eigenvalue weighted by Gasteiger charge is -2.18. The second-order valence-electron chi connectivity index (χ2n) is 6.98. The van der Waals surface area contributed by atoms with Gasteiger partial charge in [0.15, 0.2) is 0 Å². The van der Waals surface area contributed by atoms with Crippen LogP contribution in [-0.4, -0.2) is 50.1 Å². The van der Waals surface area contributed by atoms with Crippen LogP contribution < -0.4 is 5.32 Å². The summed E-state index contributed by atoms with van der Waals surface area (Å²) in [6, 6.07) is 17.5. The molecule has 0 saturated carbocycles. The Kier molecular flexibility index (Phi) is 6.24. The van der Waals surface area contributed by atoms with Gasteiger partial charge < -0.3 is 15.0 Å². The van der Waals surface area contributed by atoms with Gasteiger partial charge in [-0.3, -0.25) is 9.59 Å². The number of nitrogens with zero attached hydrogens (tertiary/aromatic N) is 1. The molecule has 5 heteroatoms. The molecule has 2 unspecified atom stereocenters. The molecule has 0 spiro atoms. The number of rotatable bonds is 6. The number of benzene rings is 2. The van der Waals surface area contributed by atoms with E-state index in [-0.39, 0.29) is 23.7 Å². The predicted molar refractivity (Wildman–Crippen MR) is 105 cm³/mol. The minimum Gasteiger partial charge on any atom is -0.383 e. The summed E-state index contributed by atoms with van der Waals surface area (Å²) in [5.74, 6) is -0.334. The van der Waals surface area contributed by atoms with E-state index in [0.29, 0.717) is 31.8 Å². The van der Waals surface area contributed by atoms with Crippen molar-refractivity contribution in [2.45, 2.75) is 12.8 Å². The Labute approximate surface area is 160 Å². The monoisotopic (exact) mass is 366 g/mol. The smallest absolute Gasteiger partial charge is 0.253 e. The molecule has 1 saturated heterocycles. The zero-order chi connectivity index (χ0) is 19.2. The van der Waals surface area contributed by atoms with Gasteiger partial charge >= 0.3 is 0 Å². The Hall–Kier alpha value is -2.66. The third-order valence-corrected chi connectivity index (χ3v) is 5.08. The van der Waals surface area contributed by atoms with E-state index in [1.54, 1.807) is 12.0 Å². The lowest BCUT2D eigenvalue weighted by molar-refractivity contribution is -0.125. The zero-order valence-electron chi connectivity index (χ0n) is 15.9. The van der Waals surface area contributed by atoms with Gasteiger partial charge in [0.1, 0.15) is 0 Å². The van der Waals surface area contributed by atoms with E-state index < -0.39 is 0 Å². The van der Waals surface area contributed by atoms with Gasteiger partial charge in [0, 0.05) is 38.2 Å². The van der Waals surface area contributed by atoms with E-state index in [0.717, 1.165) is 5.56 Å². The largest absolute Gasteiger partial charge is 0.383 e. The summed E-state index contributed by atoms with van der Waals surface area (Å²) >= 11 is 0. The Morgan fingerprint density at radius 3 is 2.44 bits per heavy atom. The average Bonchev–Trinajstić information content (AvgIpc) is 3.14. The molecule has 5 nitrogen and oxygen atoms in total. The van der Waals surface area contributed by atoms with Crippen molar-refractivity contribution in [2.24, 2.45) is 5.92 Å². The van der Waals surface area contributed by atoms with Crippen LogP contribution >= 0.6 is 0 Å². The van der Waals surface area contributed by atoms with Crippen LogP contribution in [0.4, 0.5) is 0 Å². The van der Waals surface area contributed by atoms with E-state index in [1.807, 2.05) is 37.3 Å². The van der Waals surface area contributed by atoms with E-state index in [2.05, 4.69) is 29.6 Å². The number of hydrogen-bond acceptors (Lipinski definition) is 3. The summed E-state index contributed by atoms with van der Waals surface area (Å²) in [7, 11) is 1.61. The van der Waals surface area contributed by atoms with Crippen molar-refractivity contribution >= 4 is 11.8 Å². The average molecular weight is 366 g/mol. The molecule has 0 aliphatic carbocycles. The minimum absolute atomic E-state index is 0.0131. The van der Waals surface area contributed by atoms with Crippen molar-refractivity contribution < 1.29 is 14.3 Å². The first-order valence-electron chi connectivity index (χ1n) is 9.27. The van der Waals surface area contributed by atoms with Gasteiger partial charge in [-0.15, -0.1) is 0 Å². The molecule has 1 N–H and O–H groups in total. The van der Waals surface area contributed by atoms with Crippen LogP contribution in [0.15, 0.2) is 54.6 Å². The van der Waals surface area contributed by atoms with Gasteiger partial charge in [0.05, 0.1) is 12.5 Å². The van der Waals surface area contributed by atoms with Crippen LogP contribution in [0.25, 0.3) is 0 Å². The molecule has 2 aromatic rings. The van der Waals surface area contributed by atoms with E-state index in [9.17, 15) is 9.59 Å². The molecule has 1 aliphatic rings. The number of ether oxygens (including phenoxy) is 1. The molecule has 0 aromatic heterocycles. The molecule has 1 aliphatic heterocycles. The maximum Gasteiger partial charge on any atom is 0.253 e. The van der Waals surface area contributed by atoms with Gasteiger partial charge in [-0.25, -0.2) is 0 Å². The third kappa shape index (κ3) is 4.55. The van der Waals surface area contributed by atoms with Crippen molar-refractivity contribution in [3.63, 3.8) is 0 Å². The number of amides is 2. The Morgan fingerprint density at radius 1 is 1.07 bits per heavy atom. The van der Waals surface area contributed by atoms with Crippen molar-refractivity contribution in [2.75, 3.05) is 33.4 Å². The molecule has 2 aromatic carbocycles. The fourth-order valence-electron chi connectivity index (χ4n) is 3.56. The van der Waals surface area contributed by atoms with Crippen LogP contribution in [-0.2, 0) is 9.53 Å². The Bertz CT molecular complexity index is 774. The number of likely N-dealkylation sites (tertiary alicyclic amines) is 1. The van der Waals surface area contributed by atoms with Crippen molar-refractivity contribution in [1.82, 2.24) is 10.2 Å². The first-order valence-corrected chi connectivity index (χ1v) is 9.27. The van der Waals surface area contributed by atoms with Crippen molar-refractivity contribution in [3.8, 4) is 0 Å². The number of aryl methyl sites for hydroxylation is 1. The van der Waals surface area contributed by atoms with E-state index in [4.69, 9.17) is 4.74 Å². The number of carbonyl (C=O) groups is 2. The molecule has 2 atom stereocenters. The van der Waals surface area contributed by atoms with Gasteiger partial charge in [0.25, 0.3) is 5.91 Å². The van der Waals surface area contributed by atoms with Crippen LogP contribution in [0.1, 0.15) is 27.4 Å². The number of methoxy groups -OCH3 is 1. The highest BCUT2D eigenvalue weighted by molar-refractivity contribution is 5.95. The number of hydrogen-bond donors (Lipinski definition) is 1. The summed E-state index contributed by atoms with van der Waals surface area (Å²) in [5.41, 5.74) is 2.92. The fourth-order valence-corrected chi connectivity index (χ4v) is 3.56. The standard InChI is InChI=1S/C22H26N2O3/c1-16-8-10-17(11-9-16)19-14-24(22(26)18-6-4-3-5-7-18)15-20(19)21(25)23-12-13-27-2/h3-11,19-20H,12-15H2,1-2H3,(H,23,25). The summed E-state index contributed by atoms with van der Waals surface area (Å²) in [5, 5.41) is 2.93. The normalized spacial score (nSPS) is 19.1. The van der Waals surface area contributed by atoms with Crippen LogP contribution in [0.2, 0.25) is 0 Å². The molecule has 1 fully saturated rings. The third-order valence-electron chi connectivity index (χ3n) is 5.08. The van der Waals surface area contributed by atoms with Crippen LogP contribution in [0.5, 0.6) is 0 Å². The Morgan fingerprint density at radius 2 is 1.78 bits per heavy atom. The van der Waals surface area contributed by atoms with Gasteiger partial charge in [-0.2, -0.15) is 0 Å². The highest BCUT2D eigenvalue weighted by Gasteiger charge is 2.40.